The van der Waals surface area contributed by atoms with E-state index >= 15 is 0 Å². The Hall–Kier alpha value is -2.10. The zero-order chi connectivity index (χ0) is 13.7. The van der Waals surface area contributed by atoms with Gasteiger partial charge in [-0.2, -0.15) is 0 Å². The van der Waals surface area contributed by atoms with Crippen LogP contribution in [0.5, 0.6) is 0 Å². The minimum Gasteiger partial charge on any atom is -0.465 e. The Morgan fingerprint density at radius 1 is 1.45 bits per heavy atom. The fraction of sp³-hybridized carbons (Fsp3) is 0.375. The molecule has 2 aliphatic rings. The Labute approximate surface area is 116 Å². The van der Waals surface area contributed by atoms with Crippen molar-refractivity contribution in [1.82, 2.24) is 9.97 Å². The molecule has 1 saturated carbocycles. The SMILES string of the molecule is C=C1CC2COC(=O)C2(Cc2nc3ccccc3[nH]2)C1. The van der Waals surface area contributed by atoms with Gasteiger partial charge in [0, 0.05) is 12.3 Å². The summed E-state index contributed by atoms with van der Waals surface area (Å²) in [6.45, 7) is 4.59. The largest absolute Gasteiger partial charge is 0.465 e. The highest BCUT2D eigenvalue weighted by molar-refractivity contribution is 5.81. The highest BCUT2D eigenvalue weighted by atomic mass is 16.5. The molecule has 0 radical (unpaired) electrons. The molecule has 1 aliphatic carbocycles. The van der Waals surface area contributed by atoms with Gasteiger partial charge in [-0.15, -0.1) is 0 Å². The lowest BCUT2D eigenvalue weighted by molar-refractivity contribution is -0.146. The second-order valence-electron chi connectivity index (χ2n) is 5.96. The summed E-state index contributed by atoms with van der Waals surface area (Å²) >= 11 is 0. The average molecular weight is 268 g/mol. The van der Waals surface area contributed by atoms with Gasteiger partial charge in [-0.25, -0.2) is 4.98 Å². The molecule has 2 heterocycles. The molecule has 102 valence electrons. The third kappa shape index (κ3) is 1.54. The van der Waals surface area contributed by atoms with Gasteiger partial charge in [-0.05, 0) is 25.0 Å². The minimum atomic E-state index is -0.440. The number of carbonyl (C=O) groups excluding carboxylic acids is 1. The van der Waals surface area contributed by atoms with E-state index in [2.05, 4.69) is 16.5 Å². The van der Waals surface area contributed by atoms with Crippen LogP contribution in [0.25, 0.3) is 11.0 Å². The summed E-state index contributed by atoms with van der Waals surface area (Å²) in [6, 6.07) is 7.93. The van der Waals surface area contributed by atoms with Crippen LogP contribution in [0.4, 0.5) is 0 Å². The number of H-pyrrole nitrogens is 1. The molecule has 1 aliphatic heterocycles. The molecule has 1 aromatic heterocycles. The first kappa shape index (κ1) is 11.7. The van der Waals surface area contributed by atoms with E-state index < -0.39 is 5.41 Å². The lowest BCUT2D eigenvalue weighted by atomic mass is 9.77. The molecule has 2 aromatic rings. The number of nitrogens with one attached hydrogen (secondary N) is 1. The fourth-order valence-electron chi connectivity index (χ4n) is 3.65. The Morgan fingerprint density at radius 2 is 2.30 bits per heavy atom. The second kappa shape index (κ2) is 3.95. The normalized spacial score (nSPS) is 28.9. The number of hydrogen-bond acceptors (Lipinski definition) is 3. The van der Waals surface area contributed by atoms with Crippen molar-refractivity contribution in [3.63, 3.8) is 0 Å². The average Bonchev–Trinajstić information content (AvgIpc) is 3.04. The summed E-state index contributed by atoms with van der Waals surface area (Å²) < 4.78 is 5.30. The van der Waals surface area contributed by atoms with Gasteiger partial charge in [-0.3, -0.25) is 4.79 Å². The van der Waals surface area contributed by atoms with Crippen LogP contribution in [-0.2, 0) is 16.0 Å². The van der Waals surface area contributed by atoms with E-state index in [-0.39, 0.29) is 11.9 Å². The minimum absolute atomic E-state index is 0.0818. The van der Waals surface area contributed by atoms with Crippen LogP contribution in [0, 0.1) is 11.3 Å². The number of rotatable bonds is 2. The summed E-state index contributed by atoms with van der Waals surface area (Å²) in [5, 5.41) is 0. The number of fused-ring (bicyclic) bond motifs is 2. The smallest absolute Gasteiger partial charge is 0.313 e. The van der Waals surface area contributed by atoms with Crippen LogP contribution in [0.15, 0.2) is 36.4 Å². The van der Waals surface area contributed by atoms with Gasteiger partial charge >= 0.3 is 5.97 Å². The number of ether oxygens (including phenoxy) is 1. The summed E-state index contributed by atoms with van der Waals surface area (Å²) in [6.07, 6.45) is 2.24. The van der Waals surface area contributed by atoms with Crippen LogP contribution < -0.4 is 0 Å². The van der Waals surface area contributed by atoms with Crippen molar-refractivity contribution < 1.29 is 9.53 Å². The van der Waals surface area contributed by atoms with Crippen LogP contribution in [0.2, 0.25) is 0 Å². The second-order valence-corrected chi connectivity index (χ2v) is 5.96. The number of nitrogens with zero attached hydrogens (tertiary/aromatic N) is 1. The number of aromatic amines is 1. The predicted octanol–water partition coefficient (Wildman–Crippen LogP) is 2.61. The summed E-state index contributed by atoms with van der Waals surface area (Å²) in [4.78, 5) is 20.2. The third-order valence-corrected chi connectivity index (χ3v) is 4.63. The monoisotopic (exact) mass is 268 g/mol. The molecule has 4 rings (SSSR count). The first-order chi connectivity index (χ1) is 9.67. The van der Waals surface area contributed by atoms with Crippen molar-refractivity contribution in [2.75, 3.05) is 6.61 Å². The molecule has 0 bridgehead atoms. The fourth-order valence-corrected chi connectivity index (χ4v) is 3.65. The number of carbonyl (C=O) groups is 1. The number of allylic oxidation sites excluding steroid dienone is 1. The topological polar surface area (TPSA) is 55.0 Å². The predicted molar refractivity (Wildman–Crippen MR) is 75.1 cm³/mol. The van der Waals surface area contributed by atoms with Crippen LogP contribution in [-0.4, -0.2) is 22.5 Å². The van der Waals surface area contributed by atoms with Crippen molar-refractivity contribution in [1.29, 1.82) is 0 Å². The Bertz CT molecular complexity index is 685. The van der Waals surface area contributed by atoms with E-state index in [9.17, 15) is 4.79 Å². The molecular formula is C16H16N2O2. The van der Waals surface area contributed by atoms with E-state index in [1.165, 1.54) is 0 Å². The maximum absolute atomic E-state index is 12.2. The van der Waals surface area contributed by atoms with E-state index in [1.807, 2.05) is 24.3 Å². The Morgan fingerprint density at radius 3 is 3.15 bits per heavy atom. The van der Waals surface area contributed by atoms with Gasteiger partial charge in [0.05, 0.1) is 23.1 Å². The molecule has 1 aromatic carbocycles. The van der Waals surface area contributed by atoms with Crippen molar-refractivity contribution >= 4 is 17.0 Å². The lowest BCUT2D eigenvalue weighted by Crippen LogP contribution is -2.32. The van der Waals surface area contributed by atoms with Crippen molar-refractivity contribution in [2.45, 2.75) is 19.3 Å². The first-order valence-corrected chi connectivity index (χ1v) is 6.95. The molecule has 1 N–H and O–H groups in total. The zero-order valence-electron chi connectivity index (χ0n) is 11.2. The van der Waals surface area contributed by atoms with Crippen LogP contribution >= 0.6 is 0 Å². The molecule has 2 fully saturated rings. The lowest BCUT2D eigenvalue weighted by Gasteiger charge is -2.22. The van der Waals surface area contributed by atoms with Gasteiger partial charge in [-0.1, -0.05) is 24.3 Å². The van der Waals surface area contributed by atoms with Crippen LogP contribution in [0.3, 0.4) is 0 Å². The number of cyclic esters (lactones) is 1. The molecule has 20 heavy (non-hydrogen) atoms. The van der Waals surface area contributed by atoms with E-state index in [1.54, 1.807) is 0 Å². The summed E-state index contributed by atoms with van der Waals surface area (Å²) in [5.41, 5.74) is 2.67. The van der Waals surface area contributed by atoms with Gasteiger partial charge < -0.3 is 9.72 Å². The molecule has 4 heteroatoms. The standard InChI is InChI=1S/C16H16N2O2/c1-10-6-11-9-20-15(19)16(11,7-10)8-14-17-12-4-2-3-5-13(12)18-14/h2-5,11H,1,6-9H2,(H,17,18). The molecule has 0 amide bonds. The number of aromatic nitrogens is 2. The van der Waals surface area contributed by atoms with Gasteiger partial charge in [0.15, 0.2) is 0 Å². The maximum Gasteiger partial charge on any atom is 0.313 e. The molecule has 2 unspecified atom stereocenters. The molecule has 4 nitrogen and oxygen atoms in total. The van der Waals surface area contributed by atoms with Gasteiger partial charge in [0.25, 0.3) is 0 Å². The third-order valence-electron chi connectivity index (χ3n) is 4.63. The van der Waals surface area contributed by atoms with E-state index in [0.717, 1.165) is 35.3 Å². The number of para-hydroxylation sites is 2. The molecule has 1 saturated heterocycles. The van der Waals surface area contributed by atoms with Gasteiger partial charge in [0.1, 0.15) is 5.82 Å². The van der Waals surface area contributed by atoms with Crippen LogP contribution in [0.1, 0.15) is 18.7 Å². The number of esters is 1. The molecular weight excluding hydrogens is 252 g/mol. The van der Waals surface area contributed by atoms with Crippen molar-refractivity contribution in [3.05, 3.63) is 42.2 Å². The number of benzene rings is 1. The van der Waals surface area contributed by atoms with E-state index in [0.29, 0.717) is 13.0 Å². The number of imidazole rings is 1. The van der Waals surface area contributed by atoms with Crippen molar-refractivity contribution in [2.24, 2.45) is 11.3 Å². The van der Waals surface area contributed by atoms with E-state index in [4.69, 9.17) is 4.74 Å². The maximum atomic E-state index is 12.2. The molecule has 2 atom stereocenters. The first-order valence-electron chi connectivity index (χ1n) is 6.95. The quantitative estimate of drug-likeness (QED) is 0.673. The highest BCUT2D eigenvalue weighted by Crippen LogP contribution is 2.52. The summed E-state index contributed by atoms with van der Waals surface area (Å²) in [7, 11) is 0. The van der Waals surface area contributed by atoms with Gasteiger partial charge in [0.2, 0.25) is 0 Å². The highest BCUT2D eigenvalue weighted by Gasteiger charge is 2.56. The zero-order valence-corrected chi connectivity index (χ0v) is 11.2. The Balaban J connectivity index is 1.73. The molecule has 0 spiro atoms. The van der Waals surface area contributed by atoms with Crippen molar-refractivity contribution in [3.8, 4) is 0 Å². The summed E-state index contributed by atoms with van der Waals surface area (Å²) in [5.74, 6) is 1.04. The number of hydrogen-bond donors (Lipinski definition) is 1. The Kier molecular flexibility index (Phi) is 2.31.